The maximum Gasteiger partial charge on any atom is 1.00 e. The van der Waals surface area contributed by atoms with E-state index >= 15 is 0 Å². The number of rotatable bonds is 6. The van der Waals surface area contributed by atoms with Gasteiger partial charge in [0.05, 0.1) is 12.6 Å². The van der Waals surface area contributed by atoms with Crippen molar-refractivity contribution in [2.24, 2.45) is 0 Å². The van der Waals surface area contributed by atoms with E-state index in [4.69, 9.17) is 4.74 Å². The van der Waals surface area contributed by atoms with Crippen molar-refractivity contribution in [3.05, 3.63) is 108 Å². The van der Waals surface area contributed by atoms with Crippen LogP contribution >= 0.6 is 0 Å². The molecule has 120 valence electrons. The van der Waals surface area contributed by atoms with Crippen LogP contribution in [0, 0.1) is 0 Å². The Morgan fingerprint density at radius 1 is 0.720 bits per heavy atom. The molecule has 0 aliphatic rings. The van der Waals surface area contributed by atoms with Crippen molar-refractivity contribution in [2.75, 3.05) is 6.61 Å². The second-order valence-corrected chi connectivity index (χ2v) is 5.44. The summed E-state index contributed by atoms with van der Waals surface area (Å²) in [7, 11) is 0. The molecule has 0 saturated carbocycles. The topological polar surface area (TPSA) is 49.4 Å². The molecule has 0 atom stereocenters. The maximum absolute atomic E-state index is 11.1. The summed E-state index contributed by atoms with van der Waals surface area (Å²) in [6.45, 7) is -0.501. The van der Waals surface area contributed by atoms with E-state index < -0.39 is 18.2 Å². The molecule has 0 heterocycles. The molecule has 0 aliphatic carbocycles. The number of ether oxygens (including phenoxy) is 1. The number of carboxylic acids is 1. The molecule has 0 saturated heterocycles. The Bertz CT molecular complexity index is 692. The van der Waals surface area contributed by atoms with Gasteiger partial charge in [-0.15, -0.1) is 0 Å². The van der Waals surface area contributed by atoms with Crippen LogP contribution in [0.2, 0.25) is 0 Å². The van der Waals surface area contributed by atoms with Gasteiger partial charge in [-0.05, 0) is 16.7 Å². The number of carbonyl (C=O) groups excluding carboxylic acids is 1. The Morgan fingerprint density at radius 2 is 1.04 bits per heavy atom. The van der Waals surface area contributed by atoms with Gasteiger partial charge < -0.3 is 14.6 Å². The molecule has 0 spiro atoms. The van der Waals surface area contributed by atoms with Gasteiger partial charge in [-0.3, -0.25) is 0 Å². The summed E-state index contributed by atoms with van der Waals surface area (Å²) in [6.07, 6.45) is 0. The summed E-state index contributed by atoms with van der Waals surface area (Å²) in [4.78, 5) is 11.1. The third-order valence-corrected chi connectivity index (χ3v) is 3.95. The minimum atomic E-state index is -1.25. The van der Waals surface area contributed by atoms with Crippen molar-refractivity contribution in [1.29, 1.82) is 0 Å². The Hall–Kier alpha value is -1.91. The second kappa shape index (κ2) is 8.97. The molecule has 0 amide bonds. The summed E-state index contributed by atoms with van der Waals surface area (Å²) in [6, 6.07) is 28.9. The van der Waals surface area contributed by atoms with E-state index in [2.05, 4.69) is 0 Å². The maximum atomic E-state index is 11.1. The summed E-state index contributed by atoms with van der Waals surface area (Å²) in [5.74, 6) is -1.25. The van der Waals surface area contributed by atoms with Gasteiger partial charge >= 0.3 is 29.6 Å². The van der Waals surface area contributed by atoms with Crippen LogP contribution in [0.25, 0.3) is 0 Å². The van der Waals surface area contributed by atoms with Crippen LogP contribution in [0.15, 0.2) is 91.0 Å². The number of carboxylic acid groups (broad SMARTS) is 1. The SMILES string of the molecule is O=C([O-])COC(c1ccccc1)(c1ccccc1)c1ccccc1.[Na+]. The molecular weight excluding hydrogens is 323 g/mol. The van der Waals surface area contributed by atoms with Gasteiger partial charge in [0.2, 0.25) is 0 Å². The van der Waals surface area contributed by atoms with Gasteiger partial charge in [0.15, 0.2) is 0 Å². The normalized spacial score (nSPS) is 10.7. The van der Waals surface area contributed by atoms with Crippen LogP contribution in [0.3, 0.4) is 0 Å². The van der Waals surface area contributed by atoms with Gasteiger partial charge in [-0.2, -0.15) is 0 Å². The fraction of sp³-hybridized carbons (Fsp3) is 0.0952. The van der Waals surface area contributed by atoms with Gasteiger partial charge in [0, 0.05) is 0 Å². The fourth-order valence-electron chi connectivity index (χ4n) is 2.94. The first kappa shape index (κ1) is 19.4. The molecule has 0 aliphatic heterocycles. The predicted octanol–water partition coefficient (Wildman–Crippen LogP) is -0.251. The van der Waals surface area contributed by atoms with Crippen molar-refractivity contribution >= 4 is 5.97 Å². The molecule has 4 heteroatoms. The third kappa shape index (κ3) is 4.20. The van der Waals surface area contributed by atoms with Crippen LogP contribution in [0.4, 0.5) is 0 Å². The average molecular weight is 340 g/mol. The second-order valence-electron chi connectivity index (χ2n) is 5.44. The van der Waals surface area contributed by atoms with E-state index in [0.717, 1.165) is 16.7 Å². The van der Waals surface area contributed by atoms with Crippen molar-refractivity contribution in [2.45, 2.75) is 5.60 Å². The summed E-state index contributed by atoms with van der Waals surface area (Å²) in [5, 5.41) is 11.1. The Morgan fingerprint density at radius 3 is 1.32 bits per heavy atom. The standard InChI is InChI=1S/C21H18O3.Na/c22-20(23)16-24-21(17-10-4-1-5-11-17,18-12-6-2-7-13-18)19-14-8-3-9-15-19;/h1-15H,16H2,(H,22,23);/q;+1/p-1. The van der Waals surface area contributed by atoms with Crippen molar-refractivity contribution in [1.82, 2.24) is 0 Å². The van der Waals surface area contributed by atoms with Crippen LogP contribution in [0.5, 0.6) is 0 Å². The minimum Gasteiger partial charge on any atom is -0.548 e. The molecule has 3 rings (SSSR count). The molecule has 0 unspecified atom stereocenters. The first-order chi connectivity index (χ1) is 11.7. The first-order valence-corrected chi connectivity index (χ1v) is 7.74. The molecular formula is C21H17NaO3. The number of hydrogen-bond acceptors (Lipinski definition) is 3. The van der Waals surface area contributed by atoms with Gasteiger partial charge in [0.25, 0.3) is 0 Å². The molecule has 25 heavy (non-hydrogen) atoms. The zero-order valence-electron chi connectivity index (χ0n) is 14.1. The Labute approximate surface area is 169 Å². The average Bonchev–Trinajstić information content (AvgIpc) is 2.65. The number of carbonyl (C=O) groups is 1. The summed E-state index contributed by atoms with van der Waals surface area (Å²) < 4.78 is 5.99. The Kier molecular flexibility index (Phi) is 6.97. The third-order valence-electron chi connectivity index (χ3n) is 3.95. The number of aliphatic carboxylic acids is 1. The van der Waals surface area contributed by atoms with Gasteiger partial charge in [-0.1, -0.05) is 91.0 Å². The van der Waals surface area contributed by atoms with Crippen LogP contribution in [-0.2, 0) is 15.1 Å². The quantitative estimate of drug-likeness (QED) is 0.459. The largest absolute Gasteiger partial charge is 1.00 e. The minimum absolute atomic E-state index is 0. The van der Waals surface area contributed by atoms with Gasteiger partial charge in [-0.25, -0.2) is 0 Å². The monoisotopic (exact) mass is 340 g/mol. The van der Waals surface area contributed by atoms with Crippen molar-refractivity contribution in [3.63, 3.8) is 0 Å². The number of benzene rings is 3. The molecule has 0 radical (unpaired) electrons. The predicted molar refractivity (Wildman–Crippen MR) is 90.2 cm³/mol. The zero-order valence-corrected chi connectivity index (χ0v) is 16.1. The molecule has 3 aromatic carbocycles. The van der Waals surface area contributed by atoms with E-state index in [1.807, 2.05) is 91.0 Å². The smallest absolute Gasteiger partial charge is 0.548 e. The summed E-state index contributed by atoms with van der Waals surface area (Å²) in [5.41, 5.74) is 1.58. The molecule has 0 bridgehead atoms. The molecule has 0 N–H and O–H groups in total. The number of hydrogen-bond donors (Lipinski definition) is 0. The zero-order chi connectivity index (χ0) is 16.8. The van der Waals surface area contributed by atoms with Crippen LogP contribution < -0.4 is 34.7 Å². The van der Waals surface area contributed by atoms with Crippen LogP contribution in [0.1, 0.15) is 16.7 Å². The molecule has 3 nitrogen and oxygen atoms in total. The Balaban J connectivity index is 0.00000225. The van der Waals surface area contributed by atoms with E-state index in [0.29, 0.717) is 0 Å². The fourth-order valence-corrected chi connectivity index (χ4v) is 2.94. The molecule has 0 fully saturated rings. The van der Waals surface area contributed by atoms with Crippen molar-refractivity contribution in [3.8, 4) is 0 Å². The van der Waals surface area contributed by atoms with Crippen molar-refractivity contribution < 1.29 is 44.2 Å². The molecule has 3 aromatic rings. The van der Waals surface area contributed by atoms with Gasteiger partial charge in [0.1, 0.15) is 5.60 Å². The molecule has 0 aromatic heterocycles. The first-order valence-electron chi connectivity index (χ1n) is 7.74. The summed E-state index contributed by atoms with van der Waals surface area (Å²) >= 11 is 0. The van der Waals surface area contributed by atoms with E-state index in [9.17, 15) is 9.90 Å². The van der Waals surface area contributed by atoms with E-state index in [-0.39, 0.29) is 29.6 Å². The van der Waals surface area contributed by atoms with E-state index in [1.165, 1.54) is 0 Å². The van der Waals surface area contributed by atoms with Crippen LogP contribution in [-0.4, -0.2) is 12.6 Å². The van der Waals surface area contributed by atoms with E-state index in [1.54, 1.807) is 0 Å².